The van der Waals surface area contributed by atoms with E-state index in [1.54, 1.807) is 32.0 Å². The predicted molar refractivity (Wildman–Crippen MR) is 147 cm³/mol. The SMILES string of the molecule is CCNC(=O)[C@H](C)N(Cc1cccc(C)c1)C(=O)CN(c1cccc(Cl)c1)S(=O)(=O)c1ccc(Cl)cc1. The van der Waals surface area contributed by atoms with Crippen LogP contribution in [0.15, 0.2) is 77.7 Å². The van der Waals surface area contributed by atoms with Crippen LogP contribution in [0, 0.1) is 6.92 Å². The Hall–Kier alpha value is -3.07. The van der Waals surface area contributed by atoms with Crippen LogP contribution < -0.4 is 9.62 Å². The molecule has 0 heterocycles. The molecule has 0 spiro atoms. The van der Waals surface area contributed by atoms with E-state index < -0.39 is 28.5 Å². The first-order chi connectivity index (χ1) is 17.5. The van der Waals surface area contributed by atoms with Crippen LogP contribution in [-0.4, -0.2) is 44.3 Å². The van der Waals surface area contributed by atoms with Crippen LogP contribution in [0.1, 0.15) is 25.0 Å². The molecule has 1 N–H and O–H groups in total. The molecule has 196 valence electrons. The van der Waals surface area contributed by atoms with E-state index in [-0.39, 0.29) is 23.0 Å². The second-order valence-corrected chi connectivity index (χ2v) is 11.3. The minimum Gasteiger partial charge on any atom is -0.355 e. The minimum absolute atomic E-state index is 0.0355. The molecule has 37 heavy (non-hydrogen) atoms. The molecule has 0 saturated heterocycles. The molecule has 3 aromatic carbocycles. The molecule has 0 saturated carbocycles. The van der Waals surface area contributed by atoms with Crippen molar-refractivity contribution in [3.63, 3.8) is 0 Å². The van der Waals surface area contributed by atoms with Crippen LogP contribution >= 0.6 is 23.2 Å². The maximum atomic E-state index is 13.8. The highest BCUT2D eigenvalue weighted by atomic mass is 35.5. The molecule has 10 heteroatoms. The van der Waals surface area contributed by atoms with Crippen LogP contribution in [0.5, 0.6) is 0 Å². The van der Waals surface area contributed by atoms with E-state index in [0.717, 1.165) is 15.4 Å². The van der Waals surface area contributed by atoms with Gasteiger partial charge in [0.05, 0.1) is 10.6 Å². The Labute approximate surface area is 228 Å². The fourth-order valence-corrected chi connectivity index (χ4v) is 5.52. The van der Waals surface area contributed by atoms with E-state index in [9.17, 15) is 18.0 Å². The summed E-state index contributed by atoms with van der Waals surface area (Å²) in [5.74, 6) is -0.879. The molecule has 0 radical (unpaired) electrons. The van der Waals surface area contributed by atoms with Crippen LogP contribution in [-0.2, 0) is 26.2 Å². The number of carbonyl (C=O) groups excluding carboxylic acids is 2. The topological polar surface area (TPSA) is 86.8 Å². The van der Waals surface area contributed by atoms with E-state index in [2.05, 4.69) is 5.32 Å². The summed E-state index contributed by atoms with van der Waals surface area (Å²) in [5, 5.41) is 3.43. The van der Waals surface area contributed by atoms with Crippen LogP contribution in [0.25, 0.3) is 0 Å². The maximum Gasteiger partial charge on any atom is 0.264 e. The summed E-state index contributed by atoms with van der Waals surface area (Å²) in [5.41, 5.74) is 2.04. The largest absolute Gasteiger partial charge is 0.355 e. The molecular formula is C27H29Cl2N3O4S. The number of amides is 2. The van der Waals surface area contributed by atoms with Gasteiger partial charge in [0.2, 0.25) is 11.8 Å². The first-order valence-electron chi connectivity index (χ1n) is 11.7. The normalized spacial score (nSPS) is 12.0. The lowest BCUT2D eigenvalue weighted by Crippen LogP contribution is -2.51. The van der Waals surface area contributed by atoms with E-state index in [1.807, 2.05) is 31.2 Å². The number of sulfonamides is 1. The number of aryl methyl sites for hydroxylation is 1. The van der Waals surface area contributed by atoms with Crippen molar-refractivity contribution < 1.29 is 18.0 Å². The van der Waals surface area contributed by atoms with Gasteiger partial charge < -0.3 is 10.2 Å². The lowest BCUT2D eigenvalue weighted by molar-refractivity contribution is -0.139. The molecule has 0 unspecified atom stereocenters. The van der Waals surface area contributed by atoms with Gasteiger partial charge >= 0.3 is 0 Å². The number of nitrogens with zero attached hydrogens (tertiary/aromatic N) is 2. The number of carbonyl (C=O) groups is 2. The summed E-state index contributed by atoms with van der Waals surface area (Å²) in [6.07, 6.45) is 0. The Balaban J connectivity index is 2.03. The first-order valence-corrected chi connectivity index (χ1v) is 13.9. The molecule has 3 aromatic rings. The molecule has 0 bridgehead atoms. The molecule has 0 aromatic heterocycles. The third kappa shape index (κ3) is 7.25. The molecule has 0 aliphatic heterocycles. The van der Waals surface area contributed by atoms with Crippen molar-refractivity contribution in [1.82, 2.24) is 10.2 Å². The van der Waals surface area contributed by atoms with Gasteiger partial charge in [-0.1, -0.05) is 59.1 Å². The van der Waals surface area contributed by atoms with Gasteiger partial charge in [0.1, 0.15) is 12.6 Å². The number of nitrogens with one attached hydrogen (secondary N) is 1. The standard InChI is InChI=1S/C27H29Cl2N3O4S/c1-4-30-27(34)20(3)31(17-21-8-5-7-19(2)15-21)26(33)18-32(24-10-6-9-23(29)16-24)37(35,36)25-13-11-22(28)12-14-25/h5-16,20H,4,17-18H2,1-3H3,(H,30,34)/t20-/m0/s1. The highest BCUT2D eigenvalue weighted by Crippen LogP contribution is 2.27. The van der Waals surface area contributed by atoms with Gasteiger partial charge in [-0.3, -0.25) is 13.9 Å². The highest BCUT2D eigenvalue weighted by molar-refractivity contribution is 7.92. The number of likely N-dealkylation sites (N-methyl/N-ethyl adjacent to an activating group) is 1. The fraction of sp³-hybridized carbons (Fsp3) is 0.259. The number of hydrogen-bond donors (Lipinski definition) is 1. The van der Waals surface area contributed by atoms with Crippen molar-refractivity contribution >= 4 is 50.7 Å². The van der Waals surface area contributed by atoms with Crippen molar-refractivity contribution in [2.75, 3.05) is 17.4 Å². The van der Waals surface area contributed by atoms with Crippen molar-refractivity contribution in [2.45, 2.75) is 38.3 Å². The van der Waals surface area contributed by atoms with Crippen LogP contribution in [0.3, 0.4) is 0 Å². The molecular weight excluding hydrogens is 533 g/mol. The Morgan fingerprint density at radius 1 is 0.946 bits per heavy atom. The zero-order valence-electron chi connectivity index (χ0n) is 20.8. The molecule has 0 fully saturated rings. The smallest absolute Gasteiger partial charge is 0.264 e. The zero-order valence-corrected chi connectivity index (χ0v) is 23.1. The third-order valence-electron chi connectivity index (χ3n) is 5.73. The Kier molecular flexibility index (Phi) is 9.59. The molecule has 2 amide bonds. The molecule has 1 atom stereocenters. The Morgan fingerprint density at radius 3 is 2.24 bits per heavy atom. The van der Waals surface area contributed by atoms with Gasteiger partial charge in [0, 0.05) is 23.1 Å². The zero-order chi connectivity index (χ0) is 27.2. The van der Waals surface area contributed by atoms with Crippen LogP contribution in [0.2, 0.25) is 10.0 Å². The van der Waals surface area contributed by atoms with E-state index in [0.29, 0.717) is 16.6 Å². The Morgan fingerprint density at radius 2 is 1.62 bits per heavy atom. The lowest BCUT2D eigenvalue weighted by Gasteiger charge is -2.32. The fourth-order valence-electron chi connectivity index (χ4n) is 3.81. The van der Waals surface area contributed by atoms with Crippen molar-refractivity contribution in [2.24, 2.45) is 0 Å². The van der Waals surface area contributed by atoms with Crippen molar-refractivity contribution in [1.29, 1.82) is 0 Å². The number of halogens is 2. The highest BCUT2D eigenvalue weighted by Gasteiger charge is 2.32. The van der Waals surface area contributed by atoms with E-state index in [1.165, 1.54) is 35.2 Å². The second-order valence-electron chi connectivity index (χ2n) is 8.53. The molecule has 7 nitrogen and oxygen atoms in total. The number of benzene rings is 3. The lowest BCUT2D eigenvalue weighted by atomic mass is 10.1. The number of anilines is 1. The van der Waals surface area contributed by atoms with E-state index in [4.69, 9.17) is 23.2 Å². The minimum atomic E-state index is -4.18. The first kappa shape index (κ1) is 28.5. The molecule has 0 aliphatic rings. The molecule has 3 rings (SSSR count). The average molecular weight is 563 g/mol. The number of hydrogen-bond acceptors (Lipinski definition) is 4. The summed E-state index contributed by atoms with van der Waals surface area (Å²) in [4.78, 5) is 27.8. The van der Waals surface area contributed by atoms with Gasteiger partial charge in [-0.05, 0) is 68.8 Å². The van der Waals surface area contributed by atoms with Gasteiger partial charge in [-0.2, -0.15) is 0 Å². The van der Waals surface area contributed by atoms with Gasteiger partial charge in [-0.25, -0.2) is 8.42 Å². The maximum absolute atomic E-state index is 13.8. The molecule has 0 aliphatic carbocycles. The monoisotopic (exact) mass is 561 g/mol. The summed E-state index contributed by atoms with van der Waals surface area (Å²) < 4.78 is 28.4. The summed E-state index contributed by atoms with van der Waals surface area (Å²) in [6.45, 7) is 5.33. The second kappa shape index (κ2) is 12.4. The third-order valence-corrected chi connectivity index (χ3v) is 8.01. The predicted octanol–water partition coefficient (Wildman–Crippen LogP) is 5.05. The Bertz CT molecular complexity index is 1360. The number of rotatable bonds is 10. The average Bonchev–Trinajstić information content (AvgIpc) is 2.85. The van der Waals surface area contributed by atoms with Gasteiger partial charge in [-0.15, -0.1) is 0 Å². The van der Waals surface area contributed by atoms with Crippen LogP contribution in [0.4, 0.5) is 5.69 Å². The van der Waals surface area contributed by atoms with Gasteiger partial charge in [0.15, 0.2) is 0 Å². The quantitative estimate of drug-likeness (QED) is 0.375. The van der Waals surface area contributed by atoms with Gasteiger partial charge in [0.25, 0.3) is 10.0 Å². The summed E-state index contributed by atoms with van der Waals surface area (Å²) in [7, 11) is -4.18. The van der Waals surface area contributed by atoms with Crippen molar-refractivity contribution in [3.05, 3.63) is 94.0 Å². The summed E-state index contributed by atoms with van der Waals surface area (Å²) in [6, 6.07) is 18.7. The van der Waals surface area contributed by atoms with E-state index >= 15 is 0 Å². The van der Waals surface area contributed by atoms with Crippen molar-refractivity contribution in [3.8, 4) is 0 Å². The summed E-state index contributed by atoms with van der Waals surface area (Å²) >= 11 is 12.1.